The van der Waals surface area contributed by atoms with Crippen LogP contribution in [0.4, 0.5) is 10.5 Å². The van der Waals surface area contributed by atoms with Gasteiger partial charge in [0.1, 0.15) is 5.69 Å². The van der Waals surface area contributed by atoms with Crippen LogP contribution in [0.15, 0.2) is 58.7 Å². The Kier molecular flexibility index (Phi) is 5.47. The molecule has 8 heteroatoms. The molecule has 0 saturated carbocycles. The van der Waals surface area contributed by atoms with E-state index >= 15 is 0 Å². The lowest BCUT2D eigenvalue weighted by atomic mass is 10.3. The van der Waals surface area contributed by atoms with Gasteiger partial charge in [-0.15, -0.1) is 11.3 Å². The van der Waals surface area contributed by atoms with Crippen molar-refractivity contribution in [1.82, 2.24) is 15.1 Å². The fraction of sp³-hybridized carbons (Fsp3) is 0.118. The zero-order chi connectivity index (χ0) is 17.6. The summed E-state index contributed by atoms with van der Waals surface area (Å²) in [6.07, 6.45) is 0. The number of aromatic nitrogens is 2. The molecule has 0 aliphatic heterocycles. The molecule has 0 aliphatic carbocycles. The number of urea groups is 1. The van der Waals surface area contributed by atoms with Crippen LogP contribution in [0.3, 0.4) is 0 Å². The van der Waals surface area contributed by atoms with Crippen molar-refractivity contribution < 1.29 is 4.79 Å². The summed E-state index contributed by atoms with van der Waals surface area (Å²) in [5.74, 6) is 0. The maximum atomic E-state index is 11.9. The highest BCUT2D eigenvalue weighted by Gasteiger charge is 2.05. The third-order valence-corrected chi connectivity index (χ3v) is 4.50. The fourth-order valence-electron chi connectivity index (χ4n) is 2.15. The largest absolute Gasteiger partial charge is 0.336 e. The molecule has 2 amide bonds. The second kappa shape index (κ2) is 7.96. The van der Waals surface area contributed by atoms with Crippen molar-refractivity contribution in [2.45, 2.75) is 6.54 Å². The number of anilines is 1. The van der Waals surface area contributed by atoms with Gasteiger partial charge in [-0.05, 0) is 41.8 Å². The second-order valence-corrected chi connectivity index (χ2v) is 6.53. The van der Waals surface area contributed by atoms with Gasteiger partial charge in [-0.1, -0.05) is 17.7 Å². The first-order chi connectivity index (χ1) is 12.1. The van der Waals surface area contributed by atoms with E-state index < -0.39 is 0 Å². The third kappa shape index (κ3) is 4.68. The van der Waals surface area contributed by atoms with Crippen LogP contribution in [0.5, 0.6) is 0 Å². The van der Waals surface area contributed by atoms with Crippen molar-refractivity contribution in [1.29, 1.82) is 0 Å². The molecule has 0 spiro atoms. The molecule has 6 nitrogen and oxygen atoms in total. The molecule has 3 aromatic rings. The zero-order valence-corrected chi connectivity index (χ0v) is 14.7. The van der Waals surface area contributed by atoms with Crippen LogP contribution in [0.1, 0.15) is 0 Å². The summed E-state index contributed by atoms with van der Waals surface area (Å²) >= 11 is 7.35. The van der Waals surface area contributed by atoms with Gasteiger partial charge >= 0.3 is 6.03 Å². The Labute approximate surface area is 153 Å². The Bertz CT molecular complexity index is 907. The van der Waals surface area contributed by atoms with Crippen molar-refractivity contribution >= 4 is 34.7 Å². The minimum Gasteiger partial charge on any atom is -0.336 e. The molecule has 0 radical (unpaired) electrons. The molecule has 0 aliphatic rings. The molecule has 0 saturated heterocycles. The number of hydrogen-bond donors (Lipinski definition) is 2. The van der Waals surface area contributed by atoms with Gasteiger partial charge in [-0.25, -0.2) is 9.48 Å². The predicted octanol–water partition coefficient (Wildman–Crippen LogP) is 3.45. The summed E-state index contributed by atoms with van der Waals surface area (Å²) in [5, 5.41) is 12.3. The number of amides is 2. The van der Waals surface area contributed by atoms with Gasteiger partial charge < -0.3 is 10.6 Å². The monoisotopic (exact) mass is 374 g/mol. The number of halogens is 1. The molecule has 1 aromatic carbocycles. The third-order valence-electron chi connectivity index (χ3n) is 3.35. The number of thiophene rings is 1. The zero-order valence-electron chi connectivity index (χ0n) is 13.1. The first-order valence-corrected chi connectivity index (χ1v) is 8.80. The number of nitrogens with one attached hydrogen (secondary N) is 2. The van der Waals surface area contributed by atoms with Crippen LogP contribution >= 0.6 is 22.9 Å². The smallest absolute Gasteiger partial charge is 0.319 e. The van der Waals surface area contributed by atoms with Crippen LogP contribution in [0.25, 0.3) is 10.6 Å². The van der Waals surface area contributed by atoms with Gasteiger partial charge in [-0.2, -0.15) is 5.10 Å². The Morgan fingerprint density at radius 3 is 2.68 bits per heavy atom. The van der Waals surface area contributed by atoms with Crippen molar-refractivity contribution in [3.63, 3.8) is 0 Å². The van der Waals surface area contributed by atoms with Crippen LogP contribution in [0, 0.1) is 0 Å². The van der Waals surface area contributed by atoms with Gasteiger partial charge in [0.25, 0.3) is 5.56 Å². The first-order valence-electron chi connectivity index (χ1n) is 7.54. The number of rotatable bonds is 5. The fourth-order valence-corrected chi connectivity index (χ4v) is 2.97. The molecule has 128 valence electrons. The van der Waals surface area contributed by atoms with Crippen molar-refractivity contribution in [3.05, 3.63) is 69.3 Å². The first kappa shape index (κ1) is 17.2. The van der Waals surface area contributed by atoms with E-state index in [1.54, 1.807) is 41.7 Å². The van der Waals surface area contributed by atoms with Crippen LogP contribution in [-0.4, -0.2) is 22.4 Å². The summed E-state index contributed by atoms with van der Waals surface area (Å²) in [7, 11) is 0. The van der Waals surface area contributed by atoms with E-state index in [-0.39, 0.29) is 24.7 Å². The van der Waals surface area contributed by atoms with Crippen molar-refractivity contribution in [3.8, 4) is 10.6 Å². The molecule has 3 rings (SSSR count). The average molecular weight is 375 g/mol. The topological polar surface area (TPSA) is 76.0 Å². The summed E-state index contributed by atoms with van der Waals surface area (Å²) in [4.78, 5) is 24.8. The van der Waals surface area contributed by atoms with Crippen LogP contribution in [-0.2, 0) is 6.54 Å². The van der Waals surface area contributed by atoms with Gasteiger partial charge in [0.05, 0.1) is 11.4 Å². The lowest BCUT2D eigenvalue weighted by Crippen LogP contribution is -2.34. The number of benzene rings is 1. The van der Waals surface area contributed by atoms with Crippen molar-refractivity contribution in [2.24, 2.45) is 0 Å². The van der Waals surface area contributed by atoms with E-state index in [1.165, 1.54) is 10.7 Å². The van der Waals surface area contributed by atoms with Gasteiger partial charge in [0, 0.05) is 23.3 Å². The molecule has 2 aromatic heterocycles. The van der Waals surface area contributed by atoms with E-state index in [4.69, 9.17) is 11.6 Å². The Morgan fingerprint density at radius 1 is 1.16 bits per heavy atom. The lowest BCUT2D eigenvalue weighted by Gasteiger charge is -2.09. The molecule has 25 heavy (non-hydrogen) atoms. The minimum atomic E-state index is -0.357. The maximum absolute atomic E-state index is 11.9. The Morgan fingerprint density at radius 2 is 1.96 bits per heavy atom. The molecular weight excluding hydrogens is 360 g/mol. The van der Waals surface area contributed by atoms with Gasteiger partial charge in [-0.3, -0.25) is 4.79 Å². The number of nitrogens with zero attached hydrogens (tertiary/aromatic N) is 2. The molecular formula is C17H15ClN4O2S. The molecule has 2 N–H and O–H groups in total. The Hall–Kier alpha value is -2.64. The summed E-state index contributed by atoms with van der Waals surface area (Å²) in [6, 6.07) is 13.5. The quantitative estimate of drug-likeness (QED) is 0.718. The maximum Gasteiger partial charge on any atom is 0.319 e. The second-order valence-electron chi connectivity index (χ2n) is 5.15. The van der Waals surface area contributed by atoms with Gasteiger partial charge in [0.15, 0.2) is 0 Å². The summed E-state index contributed by atoms with van der Waals surface area (Å²) in [6.45, 7) is 0.562. The molecule has 0 bridgehead atoms. The number of carbonyl (C=O) groups is 1. The summed E-state index contributed by atoms with van der Waals surface area (Å²) < 4.78 is 1.34. The van der Waals surface area contributed by atoms with Crippen LogP contribution < -0.4 is 16.2 Å². The molecule has 2 heterocycles. The summed E-state index contributed by atoms with van der Waals surface area (Å²) in [5.41, 5.74) is 1.16. The molecule has 0 fully saturated rings. The normalized spacial score (nSPS) is 10.4. The average Bonchev–Trinajstić information content (AvgIpc) is 3.13. The molecule has 0 atom stereocenters. The highest BCUT2D eigenvalue weighted by atomic mass is 35.5. The number of hydrogen-bond acceptors (Lipinski definition) is 4. The van der Waals surface area contributed by atoms with E-state index in [9.17, 15) is 9.59 Å². The van der Waals surface area contributed by atoms with E-state index in [0.717, 1.165) is 10.6 Å². The van der Waals surface area contributed by atoms with Crippen LogP contribution in [0.2, 0.25) is 5.02 Å². The number of carbonyl (C=O) groups excluding carboxylic acids is 1. The van der Waals surface area contributed by atoms with E-state index in [2.05, 4.69) is 15.7 Å². The predicted molar refractivity (Wildman–Crippen MR) is 100 cm³/mol. The highest BCUT2D eigenvalue weighted by Crippen LogP contribution is 2.21. The van der Waals surface area contributed by atoms with E-state index in [1.807, 2.05) is 17.5 Å². The van der Waals surface area contributed by atoms with Gasteiger partial charge in [0.2, 0.25) is 0 Å². The van der Waals surface area contributed by atoms with E-state index in [0.29, 0.717) is 10.7 Å². The molecule has 0 unspecified atom stereocenters. The SMILES string of the molecule is O=C(NCCn1nc(-c2cccs2)ccc1=O)Nc1ccc(Cl)cc1. The Balaban J connectivity index is 1.56. The highest BCUT2D eigenvalue weighted by molar-refractivity contribution is 7.13. The lowest BCUT2D eigenvalue weighted by molar-refractivity contribution is 0.251. The standard InChI is InChI=1S/C17H15ClN4O2S/c18-12-3-5-13(6-4-12)20-17(24)19-9-10-22-16(23)8-7-14(21-22)15-2-1-11-25-15/h1-8,11H,9-10H2,(H2,19,20,24). The minimum absolute atomic E-state index is 0.208. The van der Waals surface area contributed by atoms with Crippen molar-refractivity contribution in [2.75, 3.05) is 11.9 Å².